The summed E-state index contributed by atoms with van der Waals surface area (Å²) in [7, 11) is 0. The van der Waals surface area contributed by atoms with Gasteiger partial charge < -0.3 is 5.32 Å². The quantitative estimate of drug-likeness (QED) is 0.702. The van der Waals surface area contributed by atoms with Crippen LogP contribution in [0.4, 0.5) is 5.82 Å². The number of halogens is 1. The summed E-state index contributed by atoms with van der Waals surface area (Å²) in [5.41, 5.74) is 2.77. The Morgan fingerprint density at radius 1 is 1.20 bits per heavy atom. The molecule has 7 nitrogen and oxygen atoms in total. The standard InChI is InChI=1S/C17H15ClN6O/c18-15-2-1-10(8-19-15)12-5-13(6-12)17(25)22-16-7-14(23-24-16)11-3-4-20-21-9-11/h1-4,7-9,12-13H,5-6H2,(H2,22,23,24,25). The minimum atomic E-state index is -0.0107. The lowest BCUT2D eigenvalue weighted by molar-refractivity contribution is -0.122. The predicted molar refractivity (Wildman–Crippen MR) is 93.0 cm³/mol. The smallest absolute Gasteiger partial charge is 0.228 e. The fraction of sp³-hybridized carbons (Fsp3) is 0.235. The van der Waals surface area contributed by atoms with Gasteiger partial charge in [-0.25, -0.2) is 4.98 Å². The van der Waals surface area contributed by atoms with Crippen LogP contribution in [0.25, 0.3) is 11.3 Å². The van der Waals surface area contributed by atoms with Crippen molar-refractivity contribution in [3.63, 3.8) is 0 Å². The Hall–Kier alpha value is -2.80. The number of anilines is 1. The van der Waals surface area contributed by atoms with E-state index in [4.69, 9.17) is 11.6 Å². The van der Waals surface area contributed by atoms with E-state index >= 15 is 0 Å². The van der Waals surface area contributed by atoms with E-state index < -0.39 is 0 Å². The van der Waals surface area contributed by atoms with Crippen molar-refractivity contribution < 1.29 is 4.79 Å². The molecule has 0 radical (unpaired) electrons. The number of carbonyl (C=O) groups is 1. The van der Waals surface area contributed by atoms with Gasteiger partial charge in [-0.3, -0.25) is 9.89 Å². The van der Waals surface area contributed by atoms with Crippen molar-refractivity contribution in [1.82, 2.24) is 25.4 Å². The fourth-order valence-corrected chi connectivity index (χ4v) is 3.06. The predicted octanol–water partition coefficient (Wildman–Crippen LogP) is 3.05. The molecule has 0 spiro atoms. The van der Waals surface area contributed by atoms with Crippen LogP contribution in [0.1, 0.15) is 24.3 Å². The summed E-state index contributed by atoms with van der Waals surface area (Å²) < 4.78 is 0. The van der Waals surface area contributed by atoms with E-state index in [0.717, 1.165) is 29.7 Å². The molecule has 4 rings (SSSR count). The van der Waals surface area contributed by atoms with Gasteiger partial charge >= 0.3 is 0 Å². The molecule has 25 heavy (non-hydrogen) atoms. The van der Waals surface area contributed by atoms with Gasteiger partial charge in [-0.05, 0) is 36.5 Å². The highest BCUT2D eigenvalue weighted by atomic mass is 35.5. The van der Waals surface area contributed by atoms with Crippen LogP contribution in [-0.4, -0.2) is 31.3 Å². The molecule has 1 aliphatic rings. The van der Waals surface area contributed by atoms with Crippen molar-refractivity contribution >= 4 is 23.3 Å². The van der Waals surface area contributed by atoms with Gasteiger partial charge in [0.05, 0.1) is 18.1 Å². The minimum absolute atomic E-state index is 0.0101. The van der Waals surface area contributed by atoms with Crippen LogP contribution in [0.5, 0.6) is 0 Å². The number of aromatic nitrogens is 5. The first-order chi connectivity index (χ1) is 12.2. The SMILES string of the molecule is O=C(Nc1cc(-c2ccnnc2)[nH]n1)C1CC(c2ccc(Cl)nc2)C1. The summed E-state index contributed by atoms with van der Waals surface area (Å²) in [4.78, 5) is 16.4. The largest absolute Gasteiger partial charge is 0.309 e. The number of rotatable bonds is 4. The topological polar surface area (TPSA) is 96.5 Å². The Bertz CT molecular complexity index is 874. The van der Waals surface area contributed by atoms with E-state index in [1.165, 1.54) is 0 Å². The first-order valence-electron chi connectivity index (χ1n) is 7.94. The highest BCUT2D eigenvalue weighted by molar-refractivity contribution is 6.29. The molecular weight excluding hydrogens is 340 g/mol. The summed E-state index contributed by atoms with van der Waals surface area (Å²) in [6.45, 7) is 0. The highest BCUT2D eigenvalue weighted by Gasteiger charge is 2.35. The van der Waals surface area contributed by atoms with E-state index in [1.807, 2.05) is 12.1 Å². The zero-order valence-electron chi connectivity index (χ0n) is 13.2. The lowest BCUT2D eigenvalue weighted by atomic mass is 9.71. The van der Waals surface area contributed by atoms with Crippen molar-refractivity contribution in [2.45, 2.75) is 18.8 Å². The van der Waals surface area contributed by atoms with Gasteiger partial charge in [0.2, 0.25) is 5.91 Å². The van der Waals surface area contributed by atoms with Crippen LogP contribution in [0.15, 0.2) is 42.9 Å². The average Bonchev–Trinajstić information content (AvgIpc) is 3.04. The number of aromatic amines is 1. The van der Waals surface area contributed by atoms with Gasteiger partial charge in [0, 0.05) is 23.7 Å². The van der Waals surface area contributed by atoms with E-state index in [-0.39, 0.29) is 11.8 Å². The number of hydrogen-bond acceptors (Lipinski definition) is 5. The molecule has 1 fully saturated rings. The molecule has 2 N–H and O–H groups in total. The fourth-order valence-electron chi connectivity index (χ4n) is 2.94. The van der Waals surface area contributed by atoms with Crippen molar-refractivity contribution in [1.29, 1.82) is 0 Å². The zero-order valence-corrected chi connectivity index (χ0v) is 13.9. The van der Waals surface area contributed by atoms with Gasteiger partial charge in [0.1, 0.15) is 5.15 Å². The van der Waals surface area contributed by atoms with E-state index in [1.54, 1.807) is 30.7 Å². The van der Waals surface area contributed by atoms with Crippen LogP contribution in [0, 0.1) is 5.92 Å². The second-order valence-corrected chi connectivity index (χ2v) is 6.45. The van der Waals surface area contributed by atoms with Crippen molar-refractivity contribution in [2.24, 2.45) is 5.92 Å². The maximum Gasteiger partial charge on any atom is 0.228 e. The number of nitrogens with zero attached hydrogens (tertiary/aromatic N) is 4. The molecule has 0 aromatic carbocycles. The Balaban J connectivity index is 1.34. The summed E-state index contributed by atoms with van der Waals surface area (Å²) >= 11 is 5.80. The number of carbonyl (C=O) groups excluding carboxylic acids is 1. The van der Waals surface area contributed by atoms with E-state index in [9.17, 15) is 4.79 Å². The Morgan fingerprint density at radius 2 is 2.08 bits per heavy atom. The Morgan fingerprint density at radius 3 is 2.80 bits per heavy atom. The first-order valence-corrected chi connectivity index (χ1v) is 8.31. The maximum atomic E-state index is 12.3. The summed E-state index contributed by atoms with van der Waals surface area (Å²) in [6.07, 6.45) is 6.63. The lowest BCUT2D eigenvalue weighted by Gasteiger charge is -2.34. The second-order valence-electron chi connectivity index (χ2n) is 6.07. The third-order valence-electron chi connectivity index (χ3n) is 4.45. The number of nitrogens with one attached hydrogen (secondary N) is 2. The number of amides is 1. The molecule has 126 valence electrons. The molecule has 1 amide bonds. The van der Waals surface area contributed by atoms with Gasteiger partial charge in [0.15, 0.2) is 5.82 Å². The molecule has 0 unspecified atom stereocenters. The Labute approximate surface area is 148 Å². The summed E-state index contributed by atoms with van der Waals surface area (Å²) in [5, 5.41) is 17.9. The Kier molecular flexibility index (Phi) is 4.15. The third kappa shape index (κ3) is 3.36. The molecule has 3 aromatic rings. The molecule has 0 atom stereocenters. The van der Waals surface area contributed by atoms with Crippen LogP contribution >= 0.6 is 11.6 Å². The summed E-state index contributed by atoms with van der Waals surface area (Å²) in [6, 6.07) is 7.36. The third-order valence-corrected chi connectivity index (χ3v) is 4.68. The maximum absolute atomic E-state index is 12.3. The molecule has 3 heterocycles. The van der Waals surface area contributed by atoms with E-state index in [0.29, 0.717) is 16.9 Å². The van der Waals surface area contributed by atoms with Crippen molar-refractivity contribution in [3.8, 4) is 11.3 Å². The molecule has 0 saturated heterocycles. The van der Waals surface area contributed by atoms with Gasteiger partial charge in [-0.2, -0.15) is 15.3 Å². The van der Waals surface area contributed by atoms with Gasteiger partial charge in [-0.1, -0.05) is 17.7 Å². The second kappa shape index (κ2) is 6.60. The number of pyridine rings is 1. The molecule has 8 heteroatoms. The minimum Gasteiger partial charge on any atom is -0.309 e. The monoisotopic (exact) mass is 354 g/mol. The molecular formula is C17H15ClN6O. The molecule has 3 aromatic heterocycles. The van der Waals surface area contributed by atoms with Crippen LogP contribution in [0.2, 0.25) is 5.15 Å². The normalized spacial score (nSPS) is 19.2. The number of hydrogen-bond donors (Lipinski definition) is 2. The highest BCUT2D eigenvalue weighted by Crippen LogP contribution is 2.42. The molecule has 0 bridgehead atoms. The van der Waals surface area contributed by atoms with Crippen LogP contribution in [0.3, 0.4) is 0 Å². The van der Waals surface area contributed by atoms with Crippen LogP contribution < -0.4 is 5.32 Å². The van der Waals surface area contributed by atoms with Gasteiger partial charge in [0.25, 0.3) is 0 Å². The molecule has 0 aliphatic heterocycles. The van der Waals surface area contributed by atoms with Crippen molar-refractivity contribution in [2.75, 3.05) is 5.32 Å². The lowest BCUT2D eigenvalue weighted by Crippen LogP contribution is -2.33. The van der Waals surface area contributed by atoms with Crippen molar-refractivity contribution in [3.05, 3.63) is 53.6 Å². The molecule has 1 saturated carbocycles. The van der Waals surface area contributed by atoms with Gasteiger partial charge in [-0.15, -0.1) is 0 Å². The molecule has 1 aliphatic carbocycles. The van der Waals surface area contributed by atoms with E-state index in [2.05, 4.69) is 30.7 Å². The first kappa shape index (κ1) is 15.7. The van der Waals surface area contributed by atoms with Crippen LogP contribution in [-0.2, 0) is 4.79 Å². The zero-order chi connectivity index (χ0) is 17.2. The summed E-state index contributed by atoms with van der Waals surface area (Å²) in [5.74, 6) is 0.846. The average molecular weight is 355 g/mol. The number of H-pyrrole nitrogens is 1.